The van der Waals surface area contributed by atoms with E-state index in [1.807, 2.05) is 24.3 Å². The molecule has 9 nitrogen and oxygen atoms in total. The molecule has 2 aromatic heterocycles. The van der Waals surface area contributed by atoms with Gasteiger partial charge in [-0.15, -0.1) is 0 Å². The lowest BCUT2D eigenvalue weighted by Gasteiger charge is -2.18. The van der Waals surface area contributed by atoms with Gasteiger partial charge in [-0.25, -0.2) is 0 Å². The summed E-state index contributed by atoms with van der Waals surface area (Å²) in [6.45, 7) is 4.41. The van der Waals surface area contributed by atoms with Gasteiger partial charge in [-0.2, -0.15) is 0 Å². The lowest BCUT2D eigenvalue weighted by Crippen LogP contribution is -2.27. The van der Waals surface area contributed by atoms with Crippen molar-refractivity contribution in [2.75, 3.05) is 26.2 Å². The van der Waals surface area contributed by atoms with Gasteiger partial charge in [0, 0.05) is 35.0 Å². The van der Waals surface area contributed by atoms with Crippen molar-refractivity contribution in [2.24, 2.45) is 23.7 Å². The van der Waals surface area contributed by atoms with E-state index < -0.39 is 23.8 Å². The molecule has 0 spiro atoms. The molecule has 216 valence electrons. The molecule has 2 aliphatic heterocycles. The van der Waals surface area contributed by atoms with Crippen LogP contribution in [-0.4, -0.2) is 48.3 Å². The highest BCUT2D eigenvalue weighted by atomic mass is 16.4. The molecule has 0 bridgehead atoms. The summed E-state index contributed by atoms with van der Waals surface area (Å²) >= 11 is 0. The van der Waals surface area contributed by atoms with Crippen molar-refractivity contribution < 1.29 is 28.6 Å². The number of fused-ring (bicyclic) bond motifs is 2. The topological polar surface area (TPSA) is 137 Å². The first-order valence-corrected chi connectivity index (χ1v) is 14.5. The third-order valence-corrected chi connectivity index (χ3v) is 8.95. The van der Waals surface area contributed by atoms with Crippen molar-refractivity contribution in [1.29, 1.82) is 0 Å². The lowest BCUT2D eigenvalue weighted by atomic mass is 9.86. The Hall–Kier alpha value is -3.66. The molecule has 5 N–H and O–H groups in total. The molecule has 0 radical (unpaired) electrons. The molecule has 41 heavy (non-hydrogen) atoms. The van der Waals surface area contributed by atoms with Gasteiger partial charge in [0.2, 0.25) is 0 Å². The Morgan fingerprint density at radius 3 is 1.63 bits per heavy atom. The van der Waals surface area contributed by atoms with Crippen molar-refractivity contribution in [2.45, 2.75) is 38.8 Å². The number of furan rings is 2. The van der Waals surface area contributed by atoms with Crippen LogP contribution in [0.5, 0.6) is 0 Å². The summed E-state index contributed by atoms with van der Waals surface area (Å²) in [5, 5.41) is 31.7. The summed E-state index contributed by atoms with van der Waals surface area (Å²) in [6, 6.07) is 11.9. The summed E-state index contributed by atoms with van der Waals surface area (Å²) < 4.78 is 11.6. The fourth-order valence-corrected chi connectivity index (χ4v) is 6.58. The van der Waals surface area contributed by atoms with Crippen LogP contribution in [0.25, 0.3) is 21.9 Å². The number of hydrogen-bond donors (Lipinski definition) is 5. The Kier molecular flexibility index (Phi) is 8.09. The van der Waals surface area contributed by atoms with Crippen LogP contribution < -0.4 is 16.0 Å². The van der Waals surface area contributed by atoms with Gasteiger partial charge in [-0.1, -0.05) is 12.1 Å². The zero-order valence-electron chi connectivity index (χ0n) is 23.0. The number of aliphatic carboxylic acids is 2. The quantitative estimate of drug-likeness (QED) is 0.173. The Labute approximate surface area is 238 Å². The van der Waals surface area contributed by atoms with Crippen LogP contribution in [0.15, 0.2) is 57.8 Å². The summed E-state index contributed by atoms with van der Waals surface area (Å²) in [4.78, 5) is 24.0. The number of carboxylic acids is 2. The molecule has 2 aliphatic rings. The highest BCUT2D eigenvalue weighted by Gasteiger charge is 2.31. The minimum atomic E-state index is -0.739. The zero-order valence-corrected chi connectivity index (χ0v) is 23.0. The third-order valence-electron chi connectivity index (χ3n) is 8.95. The monoisotopic (exact) mass is 559 g/mol. The van der Waals surface area contributed by atoms with Crippen LogP contribution in [0.1, 0.15) is 35.1 Å². The van der Waals surface area contributed by atoms with E-state index in [2.05, 4.69) is 28.1 Å². The number of nitrogens with one attached hydrogen (secondary N) is 3. The lowest BCUT2D eigenvalue weighted by molar-refractivity contribution is -0.144. The summed E-state index contributed by atoms with van der Waals surface area (Å²) in [5.74, 6) is -2.00. The van der Waals surface area contributed by atoms with Crippen molar-refractivity contribution in [3.05, 3.63) is 71.2 Å². The first-order valence-electron chi connectivity index (χ1n) is 14.5. The molecule has 2 fully saturated rings. The summed E-state index contributed by atoms with van der Waals surface area (Å²) in [6.07, 6.45) is 6.29. The minimum absolute atomic E-state index is 0.147. The van der Waals surface area contributed by atoms with E-state index in [1.54, 1.807) is 12.5 Å². The number of hydrogen-bond acceptors (Lipinski definition) is 7. The van der Waals surface area contributed by atoms with Gasteiger partial charge < -0.3 is 35.0 Å². The molecule has 6 rings (SSSR count). The number of benzene rings is 2. The average molecular weight is 560 g/mol. The fourth-order valence-electron chi connectivity index (χ4n) is 6.58. The van der Waals surface area contributed by atoms with Crippen LogP contribution in [0, 0.1) is 23.7 Å². The second kappa shape index (κ2) is 12.1. The molecule has 4 aromatic rings. The Morgan fingerprint density at radius 1 is 0.780 bits per heavy atom. The van der Waals surface area contributed by atoms with Gasteiger partial charge in [0.15, 0.2) is 0 Å². The molecule has 2 saturated heterocycles. The standard InChI is InChI=1S/C32H37N3O6/c36-31(37)27(21-5-7-33-13-21)11-19-1-3-29-25(9-19)23(17-40-29)15-35-16-24-18-41-30-4-2-20(10-26(24)30)12-28(32(38)39)22-6-8-34-14-22/h1-4,9-10,17-18,21-22,27-28,33-35H,5-8,11-16H2,(H,36,37)(H,38,39)/t21-,22-,27+,28+/m0/s1. The summed E-state index contributed by atoms with van der Waals surface area (Å²) in [7, 11) is 0. The first kappa shape index (κ1) is 27.5. The summed E-state index contributed by atoms with van der Waals surface area (Å²) in [5.41, 5.74) is 5.59. The Balaban J connectivity index is 1.13. The maximum absolute atomic E-state index is 12.0. The largest absolute Gasteiger partial charge is 0.481 e. The van der Waals surface area contributed by atoms with Gasteiger partial charge in [0.1, 0.15) is 11.2 Å². The molecular formula is C32H37N3O6. The van der Waals surface area contributed by atoms with Gasteiger partial charge in [0.05, 0.1) is 24.4 Å². The van der Waals surface area contributed by atoms with E-state index >= 15 is 0 Å². The van der Waals surface area contributed by atoms with Gasteiger partial charge in [-0.3, -0.25) is 9.59 Å². The van der Waals surface area contributed by atoms with E-state index in [0.29, 0.717) is 25.9 Å². The predicted molar refractivity (Wildman–Crippen MR) is 155 cm³/mol. The average Bonchev–Trinajstić information content (AvgIpc) is 3.78. The Bertz CT molecular complexity index is 1420. The van der Waals surface area contributed by atoms with Gasteiger partial charge in [0.25, 0.3) is 0 Å². The highest BCUT2D eigenvalue weighted by molar-refractivity contribution is 5.83. The van der Waals surface area contributed by atoms with E-state index in [9.17, 15) is 19.8 Å². The molecule has 0 aliphatic carbocycles. The third kappa shape index (κ3) is 6.02. The van der Waals surface area contributed by atoms with Crippen molar-refractivity contribution >= 4 is 33.9 Å². The van der Waals surface area contributed by atoms with Crippen LogP contribution in [0.4, 0.5) is 0 Å². The van der Waals surface area contributed by atoms with Crippen LogP contribution >= 0.6 is 0 Å². The second-order valence-electron chi connectivity index (χ2n) is 11.6. The predicted octanol–water partition coefficient (Wildman–Crippen LogP) is 4.17. The van der Waals surface area contributed by atoms with Gasteiger partial charge >= 0.3 is 11.9 Å². The highest BCUT2D eigenvalue weighted by Crippen LogP contribution is 2.29. The molecule has 4 heterocycles. The van der Waals surface area contributed by atoms with Crippen LogP contribution in [0.2, 0.25) is 0 Å². The van der Waals surface area contributed by atoms with Crippen LogP contribution in [-0.2, 0) is 35.5 Å². The smallest absolute Gasteiger partial charge is 0.307 e. The zero-order chi connectivity index (χ0) is 28.3. The maximum atomic E-state index is 12.0. The van der Waals surface area contributed by atoms with E-state index in [1.165, 1.54) is 0 Å². The molecular weight excluding hydrogens is 522 g/mol. The number of carboxylic acid groups (broad SMARTS) is 2. The molecule has 0 unspecified atom stereocenters. The van der Waals surface area contributed by atoms with E-state index in [4.69, 9.17) is 8.83 Å². The number of carbonyl (C=O) groups is 2. The fraction of sp³-hybridized carbons (Fsp3) is 0.438. The molecule has 2 aromatic carbocycles. The van der Waals surface area contributed by atoms with Crippen molar-refractivity contribution in [3.8, 4) is 0 Å². The van der Waals surface area contributed by atoms with E-state index in [0.717, 1.165) is 83.2 Å². The minimum Gasteiger partial charge on any atom is -0.481 e. The van der Waals surface area contributed by atoms with Crippen molar-refractivity contribution in [1.82, 2.24) is 16.0 Å². The second-order valence-corrected chi connectivity index (χ2v) is 11.6. The van der Waals surface area contributed by atoms with Crippen LogP contribution in [0.3, 0.4) is 0 Å². The normalized spacial score (nSPS) is 20.6. The van der Waals surface area contributed by atoms with Crippen molar-refractivity contribution in [3.63, 3.8) is 0 Å². The SMILES string of the molecule is O=C(O)[C@H](Cc1ccc2occ(CNCc3coc4ccc(C[C@@H](C(=O)O)[C@H]5CCNC5)cc34)c2c1)[C@H]1CCNC1. The number of rotatable bonds is 12. The molecule has 9 heteroatoms. The Morgan fingerprint density at radius 2 is 1.24 bits per heavy atom. The maximum Gasteiger partial charge on any atom is 0.307 e. The molecule has 0 amide bonds. The van der Waals surface area contributed by atoms with E-state index in [-0.39, 0.29) is 11.8 Å². The molecule has 4 atom stereocenters. The first-order chi connectivity index (χ1) is 20.0. The molecule has 0 saturated carbocycles. The van der Waals surface area contributed by atoms with Gasteiger partial charge in [-0.05, 0) is 99.1 Å².